The summed E-state index contributed by atoms with van der Waals surface area (Å²) in [6.45, 7) is 10.9. The van der Waals surface area contributed by atoms with Gasteiger partial charge in [0.05, 0.1) is 25.9 Å². The summed E-state index contributed by atoms with van der Waals surface area (Å²) in [4.78, 5) is 0. The molecule has 0 aliphatic carbocycles. The van der Waals surface area contributed by atoms with Crippen LogP contribution in [-0.2, 0) is 25.0 Å². The Bertz CT molecular complexity index is 881. The predicted molar refractivity (Wildman–Crippen MR) is 132 cm³/mol. The maximum atomic E-state index is 10.1. The van der Waals surface area contributed by atoms with Crippen LogP contribution in [0.25, 0.3) is 6.08 Å². The van der Waals surface area contributed by atoms with E-state index >= 15 is 0 Å². The molecule has 2 aromatic carbocycles. The highest BCUT2D eigenvalue weighted by atomic mass is 16.5. The molecule has 0 heterocycles. The summed E-state index contributed by atoms with van der Waals surface area (Å²) in [5, 5.41) is 29.1. The second kappa shape index (κ2) is 12.2. The zero-order chi connectivity index (χ0) is 23.7. The summed E-state index contributed by atoms with van der Waals surface area (Å²) in [6, 6.07) is 12.1. The van der Waals surface area contributed by atoms with E-state index in [-0.39, 0.29) is 24.5 Å². The van der Waals surface area contributed by atoms with Crippen molar-refractivity contribution in [2.24, 2.45) is 5.92 Å². The van der Waals surface area contributed by atoms with Crippen molar-refractivity contribution in [3.63, 3.8) is 0 Å². The van der Waals surface area contributed by atoms with Crippen molar-refractivity contribution in [2.45, 2.75) is 78.6 Å². The number of ether oxygens (including phenoxy) is 1. The molecule has 1 unspecified atom stereocenters. The molecule has 32 heavy (non-hydrogen) atoms. The van der Waals surface area contributed by atoms with Gasteiger partial charge in [0.15, 0.2) is 0 Å². The van der Waals surface area contributed by atoms with Crippen LogP contribution in [0.5, 0.6) is 5.75 Å². The highest BCUT2D eigenvalue weighted by Gasteiger charge is 2.30. The average molecular weight is 441 g/mol. The van der Waals surface area contributed by atoms with Gasteiger partial charge >= 0.3 is 0 Å². The van der Waals surface area contributed by atoms with Crippen molar-refractivity contribution in [3.8, 4) is 5.75 Å². The van der Waals surface area contributed by atoms with Crippen LogP contribution in [0.4, 0.5) is 0 Å². The second-order valence-electron chi connectivity index (χ2n) is 8.88. The van der Waals surface area contributed by atoms with Crippen molar-refractivity contribution >= 4 is 6.08 Å². The Hall–Kier alpha value is -2.14. The number of hydrogen-bond donors (Lipinski definition) is 3. The molecular weight excluding hydrogens is 400 g/mol. The minimum absolute atomic E-state index is 0.0984. The first kappa shape index (κ1) is 26.1. The summed E-state index contributed by atoms with van der Waals surface area (Å²) in [5.41, 5.74) is 4.95. The lowest BCUT2D eigenvalue weighted by Crippen LogP contribution is -2.32. The molecule has 1 atom stereocenters. The number of benzene rings is 2. The normalized spacial score (nSPS) is 13.2. The summed E-state index contributed by atoms with van der Waals surface area (Å²) in [5.74, 6) is 0.897. The molecule has 0 aromatic heterocycles. The van der Waals surface area contributed by atoms with Crippen LogP contribution < -0.4 is 4.74 Å². The molecule has 0 aliphatic heterocycles. The highest BCUT2D eigenvalue weighted by Crippen LogP contribution is 2.34. The molecule has 0 fully saturated rings. The van der Waals surface area contributed by atoms with Gasteiger partial charge in [0.25, 0.3) is 0 Å². The number of rotatable bonds is 12. The van der Waals surface area contributed by atoms with Gasteiger partial charge in [0.1, 0.15) is 5.75 Å². The average Bonchev–Trinajstić information content (AvgIpc) is 2.83. The maximum Gasteiger partial charge on any atom is 0.119 e. The van der Waals surface area contributed by atoms with E-state index in [1.165, 1.54) is 11.1 Å². The maximum absolute atomic E-state index is 10.1. The van der Waals surface area contributed by atoms with Crippen LogP contribution in [0, 0.1) is 5.92 Å². The molecule has 4 heteroatoms. The van der Waals surface area contributed by atoms with Gasteiger partial charge in [-0.25, -0.2) is 0 Å². The summed E-state index contributed by atoms with van der Waals surface area (Å²) in [7, 11) is 0. The molecule has 0 saturated heterocycles. The van der Waals surface area contributed by atoms with Gasteiger partial charge in [-0.3, -0.25) is 0 Å². The fraction of sp³-hybridized carbons (Fsp3) is 0.500. The zero-order valence-electron chi connectivity index (χ0n) is 20.3. The molecule has 4 nitrogen and oxygen atoms in total. The van der Waals surface area contributed by atoms with Gasteiger partial charge in [-0.05, 0) is 65.1 Å². The number of aliphatic hydroxyl groups excluding tert-OH is 3. The molecule has 3 N–H and O–H groups in total. The van der Waals surface area contributed by atoms with E-state index in [2.05, 4.69) is 39.0 Å². The largest absolute Gasteiger partial charge is 0.493 e. The van der Waals surface area contributed by atoms with E-state index in [1.807, 2.05) is 44.2 Å². The molecule has 2 aromatic rings. The highest BCUT2D eigenvalue weighted by molar-refractivity contribution is 5.56. The van der Waals surface area contributed by atoms with Crippen molar-refractivity contribution in [1.29, 1.82) is 0 Å². The quantitative estimate of drug-likeness (QED) is 0.413. The van der Waals surface area contributed by atoms with Gasteiger partial charge in [-0.2, -0.15) is 0 Å². The van der Waals surface area contributed by atoms with Crippen LogP contribution in [0.1, 0.15) is 75.3 Å². The Kier molecular flexibility index (Phi) is 9.95. The molecule has 0 aliphatic rings. The number of aryl methyl sites for hydroxylation is 1. The first-order valence-electron chi connectivity index (χ1n) is 11.8. The van der Waals surface area contributed by atoms with Gasteiger partial charge in [0, 0.05) is 5.41 Å². The smallest absolute Gasteiger partial charge is 0.119 e. The third-order valence-corrected chi connectivity index (χ3v) is 6.68. The lowest BCUT2D eigenvalue weighted by atomic mass is 9.75. The third kappa shape index (κ3) is 6.22. The Morgan fingerprint density at radius 2 is 1.59 bits per heavy atom. The molecule has 0 spiro atoms. The van der Waals surface area contributed by atoms with Crippen LogP contribution in [0.3, 0.4) is 0 Å². The lowest BCUT2D eigenvalue weighted by Gasteiger charge is -2.33. The SMILES string of the molecule is CCc1cc(C(CC)(CC)COc2ccc(CO)c(CO)c2)ccc1/C=C/C(O)C(C)C. The van der Waals surface area contributed by atoms with Crippen molar-refractivity contribution in [2.75, 3.05) is 6.61 Å². The fourth-order valence-corrected chi connectivity index (χ4v) is 3.99. The molecular formula is C28H40O4. The second-order valence-corrected chi connectivity index (χ2v) is 8.88. The molecule has 2 rings (SSSR count). The first-order valence-corrected chi connectivity index (χ1v) is 11.8. The summed E-state index contributed by atoms with van der Waals surface area (Å²) < 4.78 is 6.22. The molecule has 0 amide bonds. The van der Waals surface area contributed by atoms with Crippen molar-refractivity contribution < 1.29 is 20.1 Å². The van der Waals surface area contributed by atoms with Crippen molar-refractivity contribution in [3.05, 3.63) is 70.3 Å². The first-order chi connectivity index (χ1) is 15.3. The van der Waals surface area contributed by atoms with Gasteiger partial charge in [0.2, 0.25) is 0 Å². The van der Waals surface area contributed by atoms with Gasteiger partial charge in [-0.1, -0.05) is 71.0 Å². The van der Waals surface area contributed by atoms with Gasteiger partial charge in [-0.15, -0.1) is 0 Å². The minimum Gasteiger partial charge on any atom is -0.493 e. The van der Waals surface area contributed by atoms with E-state index in [0.717, 1.165) is 30.4 Å². The topological polar surface area (TPSA) is 69.9 Å². The minimum atomic E-state index is -0.445. The molecule has 0 saturated carbocycles. The van der Waals surface area contributed by atoms with E-state index in [4.69, 9.17) is 4.74 Å². The lowest BCUT2D eigenvalue weighted by molar-refractivity contribution is 0.173. The van der Waals surface area contributed by atoms with E-state index in [1.54, 1.807) is 0 Å². The molecule has 176 valence electrons. The zero-order valence-corrected chi connectivity index (χ0v) is 20.3. The van der Waals surface area contributed by atoms with E-state index in [0.29, 0.717) is 17.9 Å². The Morgan fingerprint density at radius 3 is 2.16 bits per heavy atom. The summed E-state index contributed by atoms with van der Waals surface area (Å²) >= 11 is 0. The van der Waals surface area contributed by atoms with Crippen LogP contribution >= 0.6 is 0 Å². The standard InChI is InChI=1S/C28H40O4/c1-6-21-15-25(12-9-22(21)11-14-27(31)20(4)5)28(7-2,8-3)19-32-26-13-10-23(17-29)24(16-26)18-30/h9-16,20,27,29-31H,6-8,17-19H2,1-5H3/b14-11+. The molecule has 0 radical (unpaired) electrons. The van der Waals surface area contributed by atoms with E-state index in [9.17, 15) is 15.3 Å². The Labute approximate surface area is 193 Å². The summed E-state index contributed by atoms with van der Waals surface area (Å²) in [6.07, 6.45) is 6.26. The van der Waals surface area contributed by atoms with Crippen LogP contribution in [-0.4, -0.2) is 28.0 Å². The third-order valence-electron chi connectivity index (χ3n) is 6.68. The number of aliphatic hydroxyl groups is 3. The van der Waals surface area contributed by atoms with Crippen LogP contribution in [0.15, 0.2) is 42.5 Å². The Morgan fingerprint density at radius 1 is 0.906 bits per heavy atom. The molecule has 0 bridgehead atoms. The Balaban J connectivity index is 2.30. The predicted octanol–water partition coefficient (Wildman–Crippen LogP) is 5.40. The monoisotopic (exact) mass is 440 g/mol. The van der Waals surface area contributed by atoms with Gasteiger partial charge < -0.3 is 20.1 Å². The fourth-order valence-electron chi connectivity index (χ4n) is 3.99. The number of hydrogen-bond acceptors (Lipinski definition) is 4. The van der Waals surface area contributed by atoms with E-state index < -0.39 is 6.10 Å². The van der Waals surface area contributed by atoms with Crippen molar-refractivity contribution in [1.82, 2.24) is 0 Å². The van der Waals surface area contributed by atoms with Crippen LogP contribution in [0.2, 0.25) is 0 Å².